The molecule has 0 aliphatic rings. The molecule has 0 heterocycles. The maximum Gasteiger partial charge on any atom is 0.193 e. The molecule has 0 saturated carbocycles. The molecular weight excluding hydrogens is 497 g/mol. The fourth-order valence-electron chi connectivity index (χ4n) is 1.94. The van der Waals surface area contributed by atoms with Gasteiger partial charge in [-0.2, -0.15) is 0 Å². The number of rotatable bonds is 7. The summed E-state index contributed by atoms with van der Waals surface area (Å²) in [5.74, 6) is 1.99. The van der Waals surface area contributed by atoms with Crippen molar-refractivity contribution in [2.75, 3.05) is 18.5 Å². The summed E-state index contributed by atoms with van der Waals surface area (Å²) < 4.78 is 12.2. The highest BCUT2D eigenvalue weighted by molar-refractivity contribution is 14.0. The van der Waals surface area contributed by atoms with Gasteiger partial charge >= 0.3 is 0 Å². The zero-order valence-electron chi connectivity index (χ0n) is 14.2. The van der Waals surface area contributed by atoms with Crippen molar-refractivity contribution in [2.45, 2.75) is 20.0 Å². The SMILES string of the molecule is CC(C)Oc1ccc(NC(N)=NCCOc2ccc(Br)cc2)cc1.I. The lowest BCUT2D eigenvalue weighted by atomic mass is 10.3. The molecular formula is C18H23BrIN3O2. The Morgan fingerprint density at radius 3 is 2.28 bits per heavy atom. The van der Waals surface area contributed by atoms with Crippen LogP contribution in [0.15, 0.2) is 58.0 Å². The van der Waals surface area contributed by atoms with Gasteiger partial charge in [-0.15, -0.1) is 24.0 Å². The maximum atomic E-state index is 5.87. The zero-order chi connectivity index (χ0) is 17.4. The minimum absolute atomic E-state index is 0. The third-order valence-electron chi connectivity index (χ3n) is 2.95. The van der Waals surface area contributed by atoms with Crippen LogP contribution >= 0.6 is 39.9 Å². The van der Waals surface area contributed by atoms with Gasteiger partial charge in [-0.25, -0.2) is 4.99 Å². The van der Waals surface area contributed by atoms with Crippen LogP contribution in [0.25, 0.3) is 0 Å². The summed E-state index contributed by atoms with van der Waals surface area (Å²) in [5, 5.41) is 3.04. The van der Waals surface area contributed by atoms with E-state index in [0.717, 1.165) is 21.7 Å². The molecule has 25 heavy (non-hydrogen) atoms. The highest BCUT2D eigenvalue weighted by Gasteiger charge is 1.99. The molecule has 7 heteroatoms. The van der Waals surface area contributed by atoms with Crippen LogP contribution in [0.4, 0.5) is 5.69 Å². The van der Waals surface area contributed by atoms with E-state index in [-0.39, 0.29) is 30.1 Å². The number of anilines is 1. The van der Waals surface area contributed by atoms with Crippen molar-refractivity contribution < 1.29 is 9.47 Å². The van der Waals surface area contributed by atoms with Gasteiger partial charge in [0.1, 0.15) is 18.1 Å². The van der Waals surface area contributed by atoms with Gasteiger partial charge in [0.15, 0.2) is 5.96 Å². The van der Waals surface area contributed by atoms with Crippen LogP contribution in [0.1, 0.15) is 13.8 Å². The van der Waals surface area contributed by atoms with E-state index >= 15 is 0 Å². The van der Waals surface area contributed by atoms with E-state index in [2.05, 4.69) is 26.2 Å². The van der Waals surface area contributed by atoms with Crippen molar-refractivity contribution in [3.05, 3.63) is 53.0 Å². The fourth-order valence-corrected chi connectivity index (χ4v) is 2.20. The number of nitrogens with zero attached hydrogens (tertiary/aromatic N) is 1. The van der Waals surface area contributed by atoms with Crippen LogP contribution < -0.4 is 20.5 Å². The number of benzene rings is 2. The number of guanidine groups is 1. The molecule has 136 valence electrons. The maximum absolute atomic E-state index is 5.87. The minimum atomic E-state index is 0. The van der Waals surface area contributed by atoms with Crippen molar-refractivity contribution in [1.29, 1.82) is 0 Å². The quantitative estimate of drug-likeness (QED) is 0.241. The average Bonchev–Trinajstić information content (AvgIpc) is 2.55. The number of nitrogens with two attached hydrogens (primary N) is 1. The summed E-state index contributed by atoms with van der Waals surface area (Å²) in [6.45, 7) is 4.93. The highest BCUT2D eigenvalue weighted by Crippen LogP contribution is 2.17. The Morgan fingerprint density at radius 2 is 1.68 bits per heavy atom. The van der Waals surface area contributed by atoms with Gasteiger partial charge in [-0.05, 0) is 62.4 Å². The second-order valence-electron chi connectivity index (χ2n) is 5.39. The first kappa shape index (κ1) is 21.6. The van der Waals surface area contributed by atoms with Crippen LogP contribution in [0.5, 0.6) is 11.5 Å². The molecule has 0 atom stereocenters. The van der Waals surface area contributed by atoms with Crippen molar-refractivity contribution >= 4 is 51.6 Å². The van der Waals surface area contributed by atoms with E-state index in [1.807, 2.05) is 62.4 Å². The third kappa shape index (κ3) is 8.44. The molecule has 0 fully saturated rings. The van der Waals surface area contributed by atoms with Crippen LogP contribution in [0.3, 0.4) is 0 Å². The van der Waals surface area contributed by atoms with E-state index in [1.165, 1.54) is 0 Å². The van der Waals surface area contributed by atoms with Gasteiger partial charge in [0.25, 0.3) is 0 Å². The first-order valence-electron chi connectivity index (χ1n) is 7.75. The van der Waals surface area contributed by atoms with E-state index in [0.29, 0.717) is 19.1 Å². The monoisotopic (exact) mass is 519 g/mol. The predicted molar refractivity (Wildman–Crippen MR) is 117 cm³/mol. The van der Waals surface area contributed by atoms with Gasteiger partial charge in [-0.3, -0.25) is 0 Å². The number of halogens is 2. The minimum Gasteiger partial charge on any atom is -0.492 e. The summed E-state index contributed by atoms with van der Waals surface area (Å²) >= 11 is 3.38. The number of aliphatic imine (C=N–C) groups is 1. The molecule has 0 aliphatic heterocycles. The summed E-state index contributed by atoms with van der Waals surface area (Å²) in [7, 11) is 0. The van der Waals surface area contributed by atoms with E-state index in [9.17, 15) is 0 Å². The fraction of sp³-hybridized carbons (Fsp3) is 0.278. The summed E-state index contributed by atoms with van der Waals surface area (Å²) in [5.41, 5.74) is 6.73. The van der Waals surface area contributed by atoms with Crippen molar-refractivity contribution in [2.24, 2.45) is 10.7 Å². The number of ether oxygens (including phenoxy) is 2. The summed E-state index contributed by atoms with van der Waals surface area (Å²) in [4.78, 5) is 4.24. The molecule has 0 bridgehead atoms. The predicted octanol–water partition coefficient (Wildman–Crippen LogP) is 4.66. The largest absolute Gasteiger partial charge is 0.492 e. The lowest BCUT2D eigenvalue weighted by Gasteiger charge is -2.11. The first-order valence-corrected chi connectivity index (χ1v) is 8.54. The Hall–Kier alpha value is -1.48. The average molecular weight is 520 g/mol. The summed E-state index contributed by atoms with van der Waals surface area (Å²) in [6.07, 6.45) is 0.154. The number of hydrogen-bond donors (Lipinski definition) is 2. The van der Waals surface area contributed by atoms with Crippen LogP contribution in [-0.2, 0) is 0 Å². The molecule has 0 unspecified atom stereocenters. The lowest BCUT2D eigenvalue weighted by Crippen LogP contribution is -2.23. The normalized spacial score (nSPS) is 11.0. The van der Waals surface area contributed by atoms with Gasteiger partial charge in [0.05, 0.1) is 12.6 Å². The van der Waals surface area contributed by atoms with Crippen LogP contribution in [-0.4, -0.2) is 25.2 Å². The van der Waals surface area contributed by atoms with Gasteiger partial charge in [0.2, 0.25) is 0 Å². The second-order valence-corrected chi connectivity index (χ2v) is 6.30. The third-order valence-corrected chi connectivity index (χ3v) is 3.48. The number of hydrogen-bond acceptors (Lipinski definition) is 3. The molecule has 2 aromatic rings. The lowest BCUT2D eigenvalue weighted by molar-refractivity contribution is 0.242. The Bertz CT molecular complexity index is 661. The van der Waals surface area contributed by atoms with Crippen molar-refractivity contribution in [1.82, 2.24) is 0 Å². The van der Waals surface area contributed by atoms with Gasteiger partial charge in [-0.1, -0.05) is 15.9 Å². The molecule has 3 N–H and O–H groups in total. The molecule has 0 aliphatic carbocycles. The van der Waals surface area contributed by atoms with Crippen molar-refractivity contribution in [3.8, 4) is 11.5 Å². The summed E-state index contributed by atoms with van der Waals surface area (Å²) in [6, 6.07) is 15.3. The van der Waals surface area contributed by atoms with Gasteiger partial charge in [0, 0.05) is 10.2 Å². The Labute approximate surface area is 174 Å². The highest BCUT2D eigenvalue weighted by atomic mass is 127. The Kier molecular flexibility index (Phi) is 9.66. The molecule has 0 spiro atoms. The van der Waals surface area contributed by atoms with E-state index < -0.39 is 0 Å². The Morgan fingerprint density at radius 1 is 1.08 bits per heavy atom. The standard InChI is InChI=1S/C18H22BrN3O2.HI/c1-13(2)24-17-9-5-15(6-10-17)22-18(20)21-11-12-23-16-7-3-14(19)4-8-16;/h3-10,13H,11-12H2,1-2H3,(H3,20,21,22);1H. The smallest absolute Gasteiger partial charge is 0.193 e. The van der Waals surface area contributed by atoms with Crippen LogP contribution in [0.2, 0.25) is 0 Å². The molecule has 2 aromatic carbocycles. The Balaban J connectivity index is 0.00000312. The molecule has 0 aromatic heterocycles. The zero-order valence-corrected chi connectivity index (χ0v) is 18.2. The molecule has 0 amide bonds. The second kappa shape index (κ2) is 11.2. The molecule has 2 rings (SSSR count). The van der Waals surface area contributed by atoms with Crippen molar-refractivity contribution in [3.63, 3.8) is 0 Å². The van der Waals surface area contributed by atoms with Gasteiger partial charge < -0.3 is 20.5 Å². The molecule has 0 saturated heterocycles. The van der Waals surface area contributed by atoms with Crippen LogP contribution in [0, 0.1) is 0 Å². The molecule has 0 radical (unpaired) electrons. The first-order chi connectivity index (χ1) is 11.5. The topological polar surface area (TPSA) is 68.9 Å². The van der Waals surface area contributed by atoms with E-state index in [4.69, 9.17) is 15.2 Å². The van der Waals surface area contributed by atoms with E-state index in [1.54, 1.807) is 0 Å². The molecule has 5 nitrogen and oxygen atoms in total. The number of nitrogens with one attached hydrogen (secondary N) is 1.